The van der Waals surface area contributed by atoms with Crippen LogP contribution in [0.4, 0.5) is 0 Å². The first-order chi connectivity index (χ1) is 33.3. The second-order valence-corrected chi connectivity index (χ2v) is 17.6. The SMILES string of the molecule is CC(=O)N[C@H]1[C@H](O[C@H]2[C@@H](O)[C@@H](CO[C@]3(C(=O)O)C[C@H](O)[C@@H](NC(=O)CO)[C@H]([C@H](O)[C@H](O)CO)O3)OC(O)[C@@H]2NC(C)=O)O[C@H](CO)[C@@H](O[C@@H]2O[C@H](CO)[C@H](O)[C@H](O)[C@H]2O[C@@H]2O[C@@H](C)[C@@H](O)[C@@H](O)[C@@H]2O)[C@@H]1O. The van der Waals surface area contributed by atoms with E-state index in [0.29, 0.717) is 0 Å². The van der Waals surface area contributed by atoms with Crippen molar-refractivity contribution in [2.24, 2.45) is 0 Å². The van der Waals surface area contributed by atoms with Crippen LogP contribution in [0.25, 0.3) is 0 Å². The molecule has 5 heterocycles. The zero-order chi connectivity index (χ0) is 53.0. The van der Waals surface area contributed by atoms with Gasteiger partial charge in [0.15, 0.2) is 25.2 Å². The number of carbonyl (C=O) groups is 4. The number of aliphatic hydroxyl groups excluding tert-OH is 15. The number of hydrogen-bond acceptors (Lipinski definition) is 28. The molecule has 1 unspecified atom stereocenters. The molecule has 32 nitrogen and oxygen atoms in total. The Morgan fingerprint density at radius 2 is 1.21 bits per heavy atom. The van der Waals surface area contributed by atoms with E-state index in [1.165, 1.54) is 6.92 Å². The lowest BCUT2D eigenvalue weighted by Crippen LogP contribution is -2.71. The molecule has 19 N–H and O–H groups in total. The van der Waals surface area contributed by atoms with Gasteiger partial charge in [-0.05, 0) is 6.92 Å². The van der Waals surface area contributed by atoms with E-state index in [1.54, 1.807) is 0 Å². The zero-order valence-corrected chi connectivity index (χ0v) is 38.1. The molecule has 5 saturated heterocycles. The van der Waals surface area contributed by atoms with E-state index >= 15 is 0 Å². The molecule has 5 fully saturated rings. The van der Waals surface area contributed by atoms with Crippen molar-refractivity contribution in [1.29, 1.82) is 0 Å². The molecule has 5 aliphatic heterocycles. The van der Waals surface area contributed by atoms with Gasteiger partial charge in [0, 0.05) is 20.3 Å². The van der Waals surface area contributed by atoms with Gasteiger partial charge in [-0.2, -0.15) is 0 Å². The second-order valence-electron chi connectivity index (χ2n) is 17.6. The van der Waals surface area contributed by atoms with Gasteiger partial charge in [-0.25, -0.2) is 4.79 Å². The minimum atomic E-state index is -3.03. The van der Waals surface area contributed by atoms with Gasteiger partial charge in [-0.15, -0.1) is 0 Å². The van der Waals surface area contributed by atoms with Crippen LogP contribution in [-0.4, -0.2) is 297 Å². The summed E-state index contributed by atoms with van der Waals surface area (Å²) in [4.78, 5) is 49.9. The van der Waals surface area contributed by atoms with E-state index in [2.05, 4.69) is 16.0 Å². The molecular formula is C39H65N3O29. The summed E-state index contributed by atoms with van der Waals surface area (Å²) in [7, 11) is 0. The number of amides is 3. The summed E-state index contributed by atoms with van der Waals surface area (Å²) in [5, 5.41) is 176. The Labute approximate surface area is 402 Å². The molecule has 0 aromatic heterocycles. The van der Waals surface area contributed by atoms with Crippen LogP contribution in [0.5, 0.6) is 0 Å². The van der Waals surface area contributed by atoms with Crippen LogP contribution in [0.2, 0.25) is 0 Å². The molecule has 5 rings (SSSR count). The highest BCUT2D eigenvalue weighted by molar-refractivity contribution is 5.78. The van der Waals surface area contributed by atoms with Gasteiger partial charge < -0.3 is 140 Å². The van der Waals surface area contributed by atoms with Crippen LogP contribution in [0.15, 0.2) is 0 Å². The van der Waals surface area contributed by atoms with Crippen molar-refractivity contribution in [1.82, 2.24) is 16.0 Å². The third-order valence-electron chi connectivity index (χ3n) is 12.6. The maximum absolute atomic E-state index is 12.8. The number of nitrogens with one attached hydrogen (secondary N) is 3. The molecule has 0 spiro atoms. The van der Waals surface area contributed by atoms with E-state index in [0.717, 1.165) is 13.8 Å². The van der Waals surface area contributed by atoms with E-state index < -0.39 is 222 Å². The van der Waals surface area contributed by atoms with E-state index in [-0.39, 0.29) is 0 Å². The summed E-state index contributed by atoms with van der Waals surface area (Å²) >= 11 is 0. The average molecular weight is 1040 g/mol. The minimum Gasteiger partial charge on any atom is -0.477 e. The van der Waals surface area contributed by atoms with Crippen molar-refractivity contribution in [3.05, 3.63) is 0 Å². The fourth-order valence-electron chi connectivity index (χ4n) is 8.75. The fraction of sp³-hybridized carbons (Fsp3) is 0.897. The lowest BCUT2D eigenvalue weighted by molar-refractivity contribution is -0.386. The Morgan fingerprint density at radius 3 is 1.79 bits per heavy atom. The Bertz CT molecular complexity index is 1780. The van der Waals surface area contributed by atoms with E-state index in [4.69, 9.17) is 42.6 Å². The summed E-state index contributed by atoms with van der Waals surface area (Å²) in [5.41, 5.74) is 0. The maximum atomic E-state index is 12.8. The van der Waals surface area contributed by atoms with Crippen molar-refractivity contribution >= 4 is 23.7 Å². The minimum absolute atomic E-state index is 0.853. The van der Waals surface area contributed by atoms with Gasteiger partial charge in [-0.1, -0.05) is 0 Å². The van der Waals surface area contributed by atoms with Crippen LogP contribution in [0, 0.1) is 0 Å². The third-order valence-corrected chi connectivity index (χ3v) is 12.6. The molecule has 0 aliphatic carbocycles. The van der Waals surface area contributed by atoms with Gasteiger partial charge in [-0.3, -0.25) is 14.4 Å². The first-order valence-electron chi connectivity index (χ1n) is 22.2. The highest BCUT2D eigenvalue weighted by Crippen LogP contribution is 2.37. The van der Waals surface area contributed by atoms with Crippen LogP contribution in [0.3, 0.4) is 0 Å². The van der Waals surface area contributed by atoms with Crippen LogP contribution >= 0.6 is 0 Å². The van der Waals surface area contributed by atoms with Crippen molar-refractivity contribution in [3.8, 4) is 0 Å². The first-order valence-corrected chi connectivity index (χ1v) is 22.2. The zero-order valence-electron chi connectivity index (χ0n) is 38.1. The van der Waals surface area contributed by atoms with Crippen LogP contribution in [-0.2, 0) is 61.8 Å². The lowest BCUT2D eigenvalue weighted by Gasteiger charge is -2.50. The number of carboxylic acid groups (broad SMARTS) is 1. The number of carbonyl (C=O) groups excluding carboxylic acids is 3. The number of carboxylic acids is 1. The molecule has 71 heavy (non-hydrogen) atoms. The third kappa shape index (κ3) is 13.1. The van der Waals surface area contributed by atoms with Crippen LogP contribution < -0.4 is 16.0 Å². The van der Waals surface area contributed by atoms with Gasteiger partial charge in [0.2, 0.25) is 17.7 Å². The molecule has 32 heteroatoms. The molecule has 0 aromatic rings. The predicted molar refractivity (Wildman–Crippen MR) is 219 cm³/mol. The Morgan fingerprint density at radius 1 is 0.620 bits per heavy atom. The molecule has 0 bridgehead atoms. The monoisotopic (exact) mass is 1040 g/mol. The highest BCUT2D eigenvalue weighted by atomic mass is 16.8. The average Bonchev–Trinajstić information content (AvgIpc) is 3.32. The van der Waals surface area contributed by atoms with E-state index in [1.807, 2.05) is 0 Å². The largest absolute Gasteiger partial charge is 0.477 e. The quantitative estimate of drug-likeness (QED) is 0.0571. The molecule has 0 aromatic carbocycles. The molecule has 410 valence electrons. The van der Waals surface area contributed by atoms with Gasteiger partial charge in [0.1, 0.15) is 116 Å². The number of aliphatic carboxylic acids is 1. The standard InChI is InChI=1S/C39H65N3O29/c1-10-22(52)27(57)29(59)36(64-10)70-33-28(58)24(54)15(6-44)66-37(33)68-30-16(7-45)67-35(20(26(30)56)40-11(2)47)69-31-21(41-12(3)48)34(60)65-17(25(31)55)9-63-39(38(61)62)4-13(49)19(42-18(51)8-46)32(71-39)23(53)14(50)5-43/h10,13-17,19-37,43-46,49-50,52-60H,4-9H2,1-3H3,(H,40,47)(H,41,48)(H,42,51)(H,61,62)/t10-,13-,14+,15+,16+,17+,19+,20+,21+,22+,23+,24-,25-,26+,27+,28-,29-,30+,31+,32+,33+,34?,35-,36-,37-,39+/m0/s1. The summed E-state index contributed by atoms with van der Waals surface area (Å²) in [5.74, 6) is -7.88. The Hall–Kier alpha value is -3.08. The molecule has 3 amide bonds. The number of hydrogen-bond donors (Lipinski definition) is 19. The van der Waals surface area contributed by atoms with Crippen molar-refractivity contribution in [2.75, 3.05) is 33.0 Å². The Kier molecular flexibility index (Phi) is 20.7. The smallest absolute Gasteiger partial charge is 0.364 e. The normalized spacial score (nSPS) is 45.0. The van der Waals surface area contributed by atoms with Crippen molar-refractivity contribution < 1.29 is 144 Å². The fourth-order valence-corrected chi connectivity index (χ4v) is 8.75. The summed E-state index contributed by atoms with van der Waals surface area (Å²) in [6.45, 7) is -2.12. The second kappa shape index (κ2) is 25.0. The van der Waals surface area contributed by atoms with Gasteiger partial charge in [0.05, 0.1) is 44.7 Å². The number of rotatable bonds is 19. The van der Waals surface area contributed by atoms with Gasteiger partial charge >= 0.3 is 5.97 Å². The maximum Gasteiger partial charge on any atom is 0.364 e. The molecule has 5 aliphatic rings. The molecule has 0 radical (unpaired) electrons. The van der Waals surface area contributed by atoms with E-state index in [9.17, 15) is 101 Å². The summed E-state index contributed by atoms with van der Waals surface area (Å²) < 4.78 is 51.4. The predicted octanol–water partition coefficient (Wildman–Crippen LogP) is -12.3. The Balaban J connectivity index is 1.42. The molecular weight excluding hydrogens is 974 g/mol. The van der Waals surface area contributed by atoms with Crippen LogP contribution in [0.1, 0.15) is 27.2 Å². The topological polar surface area (TPSA) is 511 Å². The molecule has 26 atom stereocenters. The first kappa shape index (κ1) is 58.8. The number of aliphatic hydroxyl groups is 15. The lowest BCUT2D eigenvalue weighted by atomic mass is 9.88. The summed E-state index contributed by atoms with van der Waals surface area (Å²) in [6.07, 6.45) is -43.2. The highest BCUT2D eigenvalue weighted by Gasteiger charge is 2.59. The molecule has 0 saturated carbocycles. The number of ether oxygens (including phenoxy) is 9. The summed E-state index contributed by atoms with van der Waals surface area (Å²) in [6, 6.07) is -5.32. The van der Waals surface area contributed by atoms with Crippen molar-refractivity contribution in [2.45, 2.75) is 186 Å². The van der Waals surface area contributed by atoms with Crippen molar-refractivity contribution in [3.63, 3.8) is 0 Å². The van der Waals surface area contributed by atoms with Gasteiger partial charge in [0.25, 0.3) is 5.79 Å².